The zero-order chi connectivity index (χ0) is 17.8. The van der Waals surface area contributed by atoms with Crippen molar-refractivity contribution in [2.75, 3.05) is 6.79 Å². The summed E-state index contributed by atoms with van der Waals surface area (Å²) < 4.78 is 10.8. The van der Waals surface area contributed by atoms with Crippen LogP contribution in [0.5, 0.6) is 11.5 Å². The Labute approximate surface area is 156 Å². The first-order valence-electron chi connectivity index (χ1n) is 10.2. The second kappa shape index (κ2) is 8.15. The van der Waals surface area contributed by atoms with Crippen molar-refractivity contribution < 1.29 is 14.3 Å². The van der Waals surface area contributed by atoms with E-state index in [1.54, 1.807) is 6.08 Å². The van der Waals surface area contributed by atoms with E-state index in [1.165, 1.54) is 64.2 Å². The summed E-state index contributed by atoms with van der Waals surface area (Å²) in [6.07, 6.45) is 16.0. The molecule has 4 nitrogen and oxygen atoms in total. The molecule has 0 unspecified atom stereocenters. The van der Waals surface area contributed by atoms with Gasteiger partial charge in [-0.3, -0.25) is 4.79 Å². The van der Waals surface area contributed by atoms with E-state index in [-0.39, 0.29) is 12.7 Å². The van der Waals surface area contributed by atoms with Gasteiger partial charge in [-0.2, -0.15) is 0 Å². The monoisotopic (exact) mass is 355 g/mol. The summed E-state index contributed by atoms with van der Waals surface area (Å²) in [5, 5.41) is 0. The van der Waals surface area contributed by atoms with Gasteiger partial charge in [-0.05, 0) is 49.5 Å². The molecule has 0 N–H and O–H groups in total. The van der Waals surface area contributed by atoms with Crippen LogP contribution in [-0.2, 0) is 4.79 Å². The van der Waals surface area contributed by atoms with Gasteiger partial charge < -0.3 is 14.4 Å². The number of amides is 1. The summed E-state index contributed by atoms with van der Waals surface area (Å²) in [4.78, 5) is 15.4. The topological polar surface area (TPSA) is 38.8 Å². The number of rotatable bonds is 4. The maximum absolute atomic E-state index is 13.1. The van der Waals surface area contributed by atoms with Gasteiger partial charge in [0, 0.05) is 18.2 Å². The van der Waals surface area contributed by atoms with Crippen molar-refractivity contribution in [3.63, 3.8) is 0 Å². The third kappa shape index (κ3) is 3.89. The van der Waals surface area contributed by atoms with E-state index < -0.39 is 0 Å². The first-order chi connectivity index (χ1) is 12.8. The normalized spacial score (nSPS) is 21.2. The van der Waals surface area contributed by atoms with Crippen LogP contribution in [0.2, 0.25) is 0 Å². The molecule has 1 heterocycles. The van der Waals surface area contributed by atoms with Crippen LogP contribution in [0, 0.1) is 0 Å². The van der Waals surface area contributed by atoms with Crippen LogP contribution < -0.4 is 9.47 Å². The molecule has 2 aliphatic carbocycles. The molecule has 1 aromatic carbocycles. The van der Waals surface area contributed by atoms with E-state index in [1.807, 2.05) is 24.3 Å². The summed E-state index contributed by atoms with van der Waals surface area (Å²) >= 11 is 0. The molecule has 1 amide bonds. The van der Waals surface area contributed by atoms with Gasteiger partial charge in [0.1, 0.15) is 0 Å². The zero-order valence-corrected chi connectivity index (χ0v) is 15.5. The molecule has 2 fully saturated rings. The number of carbonyl (C=O) groups is 1. The lowest BCUT2D eigenvalue weighted by atomic mass is 9.88. The molecule has 0 spiro atoms. The Balaban J connectivity index is 1.49. The SMILES string of the molecule is O=C(/C=C\c1ccc2c(c1)OCO2)N(C1CCCCC1)C1CCCCC1. The van der Waals surface area contributed by atoms with E-state index in [0.29, 0.717) is 12.1 Å². The van der Waals surface area contributed by atoms with Gasteiger partial charge in [-0.15, -0.1) is 0 Å². The third-order valence-electron chi connectivity index (χ3n) is 6.01. The highest BCUT2D eigenvalue weighted by atomic mass is 16.7. The largest absolute Gasteiger partial charge is 0.454 e. The molecular formula is C22H29NO3. The minimum absolute atomic E-state index is 0.182. The lowest BCUT2D eigenvalue weighted by molar-refractivity contribution is -0.132. The summed E-state index contributed by atoms with van der Waals surface area (Å²) in [6.45, 7) is 0.276. The molecular weight excluding hydrogens is 326 g/mol. The molecule has 3 aliphatic rings. The predicted octanol–water partition coefficient (Wildman–Crippen LogP) is 4.92. The molecule has 140 valence electrons. The number of nitrogens with zero attached hydrogens (tertiary/aromatic N) is 1. The van der Waals surface area contributed by atoms with E-state index in [2.05, 4.69) is 4.90 Å². The van der Waals surface area contributed by atoms with Gasteiger partial charge in [0.2, 0.25) is 12.7 Å². The van der Waals surface area contributed by atoms with E-state index >= 15 is 0 Å². The van der Waals surface area contributed by atoms with E-state index in [4.69, 9.17) is 9.47 Å². The second-order valence-electron chi connectivity index (χ2n) is 7.78. The zero-order valence-electron chi connectivity index (χ0n) is 15.5. The Morgan fingerprint density at radius 2 is 1.50 bits per heavy atom. The number of hydrogen-bond acceptors (Lipinski definition) is 3. The lowest BCUT2D eigenvalue weighted by Crippen LogP contribution is -2.48. The quantitative estimate of drug-likeness (QED) is 0.719. The molecule has 0 atom stereocenters. The van der Waals surface area contributed by atoms with Crippen molar-refractivity contribution in [3.05, 3.63) is 29.8 Å². The van der Waals surface area contributed by atoms with Crippen molar-refractivity contribution in [1.29, 1.82) is 0 Å². The summed E-state index contributed by atoms with van der Waals surface area (Å²) in [6, 6.07) is 6.69. The Kier molecular flexibility index (Phi) is 5.47. The average molecular weight is 355 g/mol. The van der Waals surface area contributed by atoms with Crippen molar-refractivity contribution in [2.24, 2.45) is 0 Å². The van der Waals surface area contributed by atoms with E-state index in [9.17, 15) is 4.79 Å². The fourth-order valence-electron chi connectivity index (χ4n) is 4.65. The summed E-state index contributed by atoms with van der Waals surface area (Å²) in [5.41, 5.74) is 0.981. The van der Waals surface area contributed by atoms with Crippen LogP contribution in [0.15, 0.2) is 24.3 Å². The minimum Gasteiger partial charge on any atom is -0.454 e. The molecule has 2 saturated carbocycles. The summed E-state index contributed by atoms with van der Waals surface area (Å²) in [5.74, 6) is 1.72. The van der Waals surface area contributed by atoms with Gasteiger partial charge in [0.05, 0.1) is 0 Å². The molecule has 1 aliphatic heterocycles. The molecule has 26 heavy (non-hydrogen) atoms. The van der Waals surface area contributed by atoms with Gasteiger partial charge in [-0.1, -0.05) is 44.6 Å². The average Bonchev–Trinajstić information content (AvgIpc) is 3.16. The van der Waals surface area contributed by atoms with Crippen molar-refractivity contribution in [2.45, 2.75) is 76.3 Å². The maximum atomic E-state index is 13.1. The Bertz CT molecular complexity index is 639. The van der Waals surface area contributed by atoms with Gasteiger partial charge in [0.15, 0.2) is 11.5 Å². The minimum atomic E-state index is 0.182. The Hall–Kier alpha value is -1.97. The molecule has 4 rings (SSSR count). The molecule has 0 bridgehead atoms. The molecule has 0 saturated heterocycles. The smallest absolute Gasteiger partial charge is 0.247 e. The van der Waals surface area contributed by atoms with Crippen LogP contribution >= 0.6 is 0 Å². The lowest BCUT2D eigenvalue weighted by Gasteiger charge is -2.41. The van der Waals surface area contributed by atoms with Crippen LogP contribution in [0.25, 0.3) is 6.08 Å². The van der Waals surface area contributed by atoms with Crippen LogP contribution in [0.3, 0.4) is 0 Å². The Morgan fingerprint density at radius 3 is 2.15 bits per heavy atom. The Morgan fingerprint density at radius 1 is 0.885 bits per heavy atom. The predicted molar refractivity (Wildman–Crippen MR) is 102 cm³/mol. The van der Waals surface area contributed by atoms with Gasteiger partial charge in [-0.25, -0.2) is 0 Å². The fourth-order valence-corrected chi connectivity index (χ4v) is 4.65. The van der Waals surface area contributed by atoms with Gasteiger partial charge >= 0.3 is 0 Å². The number of fused-ring (bicyclic) bond motifs is 1. The summed E-state index contributed by atoms with van der Waals surface area (Å²) in [7, 11) is 0. The first kappa shape index (κ1) is 17.4. The van der Waals surface area contributed by atoms with Crippen molar-refractivity contribution in [1.82, 2.24) is 4.90 Å². The highest BCUT2D eigenvalue weighted by Gasteiger charge is 2.31. The second-order valence-corrected chi connectivity index (χ2v) is 7.78. The van der Waals surface area contributed by atoms with Crippen LogP contribution in [0.4, 0.5) is 0 Å². The number of ether oxygens (including phenoxy) is 2. The van der Waals surface area contributed by atoms with Gasteiger partial charge in [0.25, 0.3) is 0 Å². The fraction of sp³-hybridized carbons (Fsp3) is 0.591. The first-order valence-corrected chi connectivity index (χ1v) is 10.2. The molecule has 0 aromatic heterocycles. The number of hydrogen-bond donors (Lipinski definition) is 0. The molecule has 1 aromatic rings. The molecule has 0 radical (unpaired) electrons. The van der Waals surface area contributed by atoms with Crippen LogP contribution in [-0.4, -0.2) is 29.7 Å². The maximum Gasteiger partial charge on any atom is 0.247 e. The van der Waals surface area contributed by atoms with Crippen molar-refractivity contribution >= 4 is 12.0 Å². The standard InChI is InChI=1S/C22H29NO3/c24-22(14-12-17-11-13-20-21(15-17)26-16-25-20)23(18-7-3-1-4-8-18)19-9-5-2-6-10-19/h11-15,18-19H,1-10,16H2/b14-12-. The van der Waals surface area contributed by atoms with E-state index in [0.717, 1.165) is 17.1 Å². The number of benzene rings is 1. The van der Waals surface area contributed by atoms with Crippen molar-refractivity contribution in [3.8, 4) is 11.5 Å². The molecule has 4 heteroatoms. The third-order valence-corrected chi connectivity index (χ3v) is 6.01. The van der Waals surface area contributed by atoms with Crippen LogP contribution in [0.1, 0.15) is 69.8 Å². The number of carbonyl (C=O) groups excluding carboxylic acids is 1. The highest BCUT2D eigenvalue weighted by Crippen LogP contribution is 2.33. The highest BCUT2D eigenvalue weighted by molar-refractivity contribution is 5.92.